The van der Waals surface area contributed by atoms with Crippen molar-refractivity contribution in [3.05, 3.63) is 112 Å². The van der Waals surface area contributed by atoms with Gasteiger partial charge in [0.05, 0.1) is 28.6 Å². The number of rotatable bonds is 7. The third-order valence-corrected chi connectivity index (χ3v) is 7.45. The van der Waals surface area contributed by atoms with Crippen LogP contribution in [0.25, 0.3) is 37.9 Å². The molecule has 0 saturated carbocycles. The predicted octanol–water partition coefficient (Wildman–Crippen LogP) is 6.83. The molecule has 3 heterocycles. The topological polar surface area (TPSA) is 85.1 Å². The summed E-state index contributed by atoms with van der Waals surface area (Å²) in [5.41, 5.74) is 6.77. The van der Waals surface area contributed by atoms with Gasteiger partial charge in [-0.1, -0.05) is 54.6 Å². The van der Waals surface area contributed by atoms with Crippen molar-refractivity contribution in [2.45, 2.75) is 19.5 Å². The van der Waals surface area contributed by atoms with E-state index in [1.165, 1.54) is 17.7 Å². The van der Waals surface area contributed by atoms with Gasteiger partial charge in [0, 0.05) is 11.4 Å². The number of hydrogen-bond acceptors (Lipinski definition) is 8. The van der Waals surface area contributed by atoms with E-state index in [1.807, 2.05) is 79.7 Å². The fraction of sp³-hybridized carbons (Fsp3) is 0.100. The average molecular weight is 547 g/mol. The van der Waals surface area contributed by atoms with Gasteiger partial charge in [0.1, 0.15) is 16.7 Å². The molecule has 190 valence electrons. The monoisotopic (exact) mass is 546 g/mol. The average Bonchev–Trinajstić information content (AvgIpc) is 3.46. The first-order valence-electron chi connectivity index (χ1n) is 12.3. The molecular weight excluding hydrogens is 525 g/mol. The van der Waals surface area contributed by atoms with Crippen molar-refractivity contribution in [2.24, 2.45) is 4.99 Å². The lowest BCUT2D eigenvalue weighted by atomic mass is 9.96. The second kappa shape index (κ2) is 10.7. The number of thiocarbonyl (C=S) groups is 1. The summed E-state index contributed by atoms with van der Waals surface area (Å²) in [6.07, 6.45) is 1.53. The molecule has 39 heavy (non-hydrogen) atoms. The standard InChI is InChI=1S/C30H22N6OS2/c1-19(35-28-27-29(33-16-32-28)39-18-34-27)25-14-22-9-6-12-24(21-8-5-7-20(13-21)15-31-17-38)26(22)30(37)36(25)23-10-3-2-4-11-23/h2-14,16,18-19H,15H2,1H3,(H,32,33,35)/t19-/m0/s1. The van der Waals surface area contributed by atoms with Crippen LogP contribution in [0, 0.1) is 0 Å². The van der Waals surface area contributed by atoms with Crippen LogP contribution in [0.4, 0.5) is 5.82 Å². The minimum absolute atomic E-state index is 0.0956. The molecule has 9 heteroatoms. The highest BCUT2D eigenvalue weighted by Gasteiger charge is 2.20. The molecule has 3 aromatic heterocycles. The smallest absolute Gasteiger partial charge is 0.263 e. The first kappa shape index (κ1) is 24.8. The van der Waals surface area contributed by atoms with Gasteiger partial charge >= 0.3 is 0 Å². The van der Waals surface area contributed by atoms with E-state index in [1.54, 1.807) is 10.1 Å². The van der Waals surface area contributed by atoms with Crippen molar-refractivity contribution in [3.63, 3.8) is 0 Å². The normalized spacial score (nSPS) is 11.8. The Bertz CT molecular complexity index is 1930. The fourth-order valence-electron chi connectivity index (χ4n) is 4.82. The second-order valence-electron chi connectivity index (χ2n) is 9.02. The maximum atomic E-state index is 14.4. The number of thiazole rings is 1. The van der Waals surface area contributed by atoms with Crippen molar-refractivity contribution < 1.29 is 0 Å². The number of para-hydroxylation sites is 1. The van der Waals surface area contributed by atoms with Crippen molar-refractivity contribution in [1.82, 2.24) is 19.5 Å². The maximum Gasteiger partial charge on any atom is 0.263 e. The Morgan fingerprint density at radius 1 is 1.03 bits per heavy atom. The Kier molecular flexibility index (Phi) is 6.77. The Hall–Kier alpha value is -4.56. The summed E-state index contributed by atoms with van der Waals surface area (Å²) in [7, 11) is 0. The molecule has 7 nitrogen and oxygen atoms in total. The molecular formula is C30H22N6OS2. The maximum absolute atomic E-state index is 14.4. The molecule has 0 aliphatic carbocycles. The summed E-state index contributed by atoms with van der Waals surface area (Å²) < 4.78 is 1.78. The third kappa shape index (κ3) is 4.75. The lowest BCUT2D eigenvalue weighted by Crippen LogP contribution is -2.26. The van der Waals surface area contributed by atoms with Crippen LogP contribution in [0.3, 0.4) is 0 Å². The van der Waals surface area contributed by atoms with Gasteiger partial charge in [0.15, 0.2) is 5.82 Å². The summed E-state index contributed by atoms with van der Waals surface area (Å²) in [5, 5.41) is 7.40. The zero-order valence-electron chi connectivity index (χ0n) is 20.9. The molecule has 3 aromatic carbocycles. The number of pyridine rings is 1. The highest BCUT2D eigenvalue weighted by Crippen LogP contribution is 2.31. The molecule has 0 radical (unpaired) electrons. The third-order valence-electron chi connectivity index (χ3n) is 6.59. The Labute approximate surface area is 233 Å². The van der Waals surface area contributed by atoms with Crippen molar-refractivity contribution in [2.75, 3.05) is 5.32 Å². The number of benzene rings is 3. The Balaban J connectivity index is 1.54. The molecule has 1 atom stereocenters. The zero-order valence-corrected chi connectivity index (χ0v) is 22.5. The van der Waals surface area contributed by atoms with Crippen molar-refractivity contribution >= 4 is 55.7 Å². The molecule has 1 N–H and O–H groups in total. The number of aliphatic imine (C=N–C) groups is 1. The highest BCUT2D eigenvalue weighted by atomic mass is 32.1. The quantitative estimate of drug-likeness (QED) is 0.174. The minimum Gasteiger partial charge on any atom is -0.360 e. The minimum atomic E-state index is -0.262. The molecule has 0 saturated heterocycles. The number of fused-ring (bicyclic) bond motifs is 2. The van der Waals surface area contributed by atoms with Gasteiger partial charge in [-0.25, -0.2) is 19.9 Å². The van der Waals surface area contributed by atoms with Crippen LogP contribution in [0.2, 0.25) is 0 Å². The van der Waals surface area contributed by atoms with Crippen LogP contribution in [-0.2, 0) is 6.54 Å². The van der Waals surface area contributed by atoms with Gasteiger partial charge in [-0.2, -0.15) is 0 Å². The van der Waals surface area contributed by atoms with Gasteiger partial charge in [-0.3, -0.25) is 9.36 Å². The predicted molar refractivity (Wildman–Crippen MR) is 161 cm³/mol. The first-order chi connectivity index (χ1) is 19.1. The summed E-state index contributed by atoms with van der Waals surface area (Å²) in [6.45, 7) is 2.46. The van der Waals surface area contributed by atoms with Gasteiger partial charge < -0.3 is 5.32 Å². The highest BCUT2D eigenvalue weighted by molar-refractivity contribution is 7.78. The summed E-state index contributed by atoms with van der Waals surface area (Å²) in [5.74, 6) is 0.630. The van der Waals surface area contributed by atoms with E-state index in [0.29, 0.717) is 23.3 Å². The number of aromatic nitrogens is 4. The SMILES string of the molecule is C[C@H](Nc1ncnc2scnc12)c1cc2cccc(-c3cccc(CN=C=S)c3)c2c(=O)n1-c1ccccc1. The summed E-state index contributed by atoms with van der Waals surface area (Å²) in [4.78, 5) is 32.4. The number of anilines is 1. The number of nitrogens with one attached hydrogen (secondary N) is 1. The molecule has 0 spiro atoms. The molecule has 0 amide bonds. The van der Waals surface area contributed by atoms with E-state index in [2.05, 4.69) is 36.5 Å². The lowest BCUT2D eigenvalue weighted by Gasteiger charge is -2.22. The van der Waals surface area contributed by atoms with Crippen LogP contribution in [0.1, 0.15) is 24.2 Å². The molecule has 0 fully saturated rings. The number of hydrogen-bond donors (Lipinski definition) is 1. The van der Waals surface area contributed by atoms with Crippen molar-refractivity contribution in [3.8, 4) is 16.8 Å². The van der Waals surface area contributed by atoms with Crippen LogP contribution in [0.15, 0.2) is 100 Å². The molecule has 0 aliphatic heterocycles. The number of isothiocyanates is 1. The molecule has 0 bridgehead atoms. The van der Waals surface area contributed by atoms with E-state index < -0.39 is 0 Å². The second-order valence-corrected chi connectivity index (χ2v) is 10.0. The van der Waals surface area contributed by atoms with E-state index in [9.17, 15) is 4.79 Å². The van der Waals surface area contributed by atoms with E-state index >= 15 is 0 Å². The lowest BCUT2D eigenvalue weighted by molar-refractivity contribution is 0.774. The number of nitrogens with zero attached hydrogens (tertiary/aromatic N) is 5. The first-order valence-corrected chi connectivity index (χ1v) is 13.6. The molecule has 6 rings (SSSR count). The Morgan fingerprint density at radius 3 is 2.72 bits per heavy atom. The van der Waals surface area contributed by atoms with Gasteiger partial charge in [-0.15, -0.1) is 11.3 Å². The van der Waals surface area contributed by atoms with Crippen LogP contribution >= 0.6 is 23.6 Å². The Morgan fingerprint density at radius 2 is 1.87 bits per heavy atom. The van der Waals surface area contributed by atoms with Gasteiger partial charge in [0.25, 0.3) is 5.56 Å². The van der Waals surface area contributed by atoms with Crippen LogP contribution < -0.4 is 10.9 Å². The van der Waals surface area contributed by atoms with E-state index in [0.717, 1.165) is 38.3 Å². The fourth-order valence-corrected chi connectivity index (χ4v) is 5.52. The van der Waals surface area contributed by atoms with Gasteiger partial charge in [0.2, 0.25) is 0 Å². The van der Waals surface area contributed by atoms with Crippen LogP contribution in [0.5, 0.6) is 0 Å². The van der Waals surface area contributed by atoms with Crippen LogP contribution in [-0.4, -0.2) is 24.7 Å². The largest absolute Gasteiger partial charge is 0.360 e. The summed E-state index contributed by atoms with van der Waals surface area (Å²) in [6, 6.07) is 25.5. The van der Waals surface area contributed by atoms with Crippen molar-refractivity contribution in [1.29, 1.82) is 0 Å². The van der Waals surface area contributed by atoms with Gasteiger partial charge in [-0.05, 0) is 65.5 Å². The molecule has 6 aromatic rings. The molecule has 0 aliphatic rings. The molecule has 0 unspecified atom stereocenters. The summed E-state index contributed by atoms with van der Waals surface area (Å²) >= 11 is 6.20. The van der Waals surface area contributed by atoms with E-state index in [4.69, 9.17) is 12.2 Å². The zero-order chi connectivity index (χ0) is 26.8. The van der Waals surface area contributed by atoms with E-state index in [-0.39, 0.29) is 11.6 Å².